The average molecular weight is 260 g/mol. The van der Waals surface area contributed by atoms with Gasteiger partial charge in [0.15, 0.2) is 0 Å². The molecule has 0 unspecified atom stereocenters. The SMILES string of the molecule is NC1(C(=O)Nc2ccc(N3CCCC3)nc2)CCC1. The summed E-state index contributed by atoms with van der Waals surface area (Å²) in [6, 6.07) is 3.87. The van der Waals surface area contributed by atoms with E-state index in [0.29, 0.717) is 0 Å². The zero-order chi connectivity index (χ0) is 13.3. The van der Waals surface area contributed by atoms with Gasteiger partial charge in [0.25, 0.3) is 0 Å². The smallest absolute Gasteiger partial charge is 0.244 e. The van der Waals surface area contributed by atoms with Gasteiger partial charge in [-0.1, -0.05) is 0 Å². The summed E-state index contributed by atoms with van der Waals surface area (Å²) in [6.45, 7) is 2.15. The summed E-state index contributed by atoms with van der Waals surface area (Å²) >= 11 is 0. The lowest BCUT2D eigenvalue weighted by atomic mass is 9.77. The van der Waals surface area contributed by atoms with Crippen molar-refractivity contribution in [1.29, 1.82) is 0 Å². The molecule has 3 rings (SSSR count). The fraction of sp³-hybridized carbons (Fsp3) is 0.571. The predicted octanol–water partition coefficient (Wildman–Crippen LogP) is 1.50. The molecule has 0 atom stereocenters. The molecule has 0 bridgehead atoms. The number of hydrogen-bond acceptors (Lipinski definition) is 4. The van der Waals surface area contributed by atoms with Crippen LogP contribution in [0.15, 0.2) is 18.3 Å². The lowest BCUT2D eigenvalue weighted by Crippen LogP contribution is -2.56. The first-order valence-electron chi connectivity index (χ1n) is 6.99. The fourth-order valence-electron chi connectivity index (χ4n) is 2.63. The van der Waals surface area contributed by atoms with E-state index in [4.69, 9.17) is 5.73 Å². The summed E-state index contributed by atoms with van der Waals surface area (Å²) < 4.78 is 0. The van der Waals surface area contributed by atoms with Crippen molar-refractivity contribution < 1.29 is 4.79 Å². The molecule has 2 heterocycles. The van der Waals surface area contributed by atoms with Crippen LogP contribution in [0.25, 0.3) is 0 Å². The van der Waals surface area contributed by atoms with Gasteiger partial charge in [0.05, 0.1) is 17.4 Å². The second kappa shape index (κ2) is 4.81. The van der Waals surface area contributed by atoms with Gasteiger partial charge in [-0.15, -0.1) is 0 Å². The quantitative estimate of drug-likeness (QED) is 0.864. The number of carbonyl (C=O) groups excluding carboxylic acids is 1. The Bertz CT molecular complexity index is 461. The molecule has 0 aromatic carbocycles. The number of rotatable bonds is 3. The molecule has 1 amide bonds. The number of aromatic nitrogens is 1. The van der Waals surface area contributed by atoms with Crippen molar-refractivity contribution in [2.75, 3.05) is 23.3 Å². The molecule has 1 aromatic rings. The van der Waals surface area contributed by atoms with Gasteiger partial charge in [-0.05, 0) is 44.2 Å². The Morgan fingerprint density at radius 1 is 1.26 bits per heavy atom. The molecule has 1 aliphatic carbocycles. The highest BCUT2D eigenvalue weighted by molar-refractivity contribution is 5.98. The molecule has 2 aliphatic rings. The highest BCUT2D eigenvalue weighted by atomic mass is 16.2. The molecule has 1 saturated carbocycles. The Hall–Kier alpha value is -1.62. The predicted molar refractivity (Wildman–Crippen MR) is 75.1 cm³/mol. The summed E-state index contributed by atoms with van der Waals surface area (Å²) in [5.74, 6) is 0.899. The van der Waals surface area contributed by atoms with Gasteiger partial charge < -0.3 is 16.0 Å². The van der Waals surface area contributed by atoms with Crippen molar-refractivity contribution in [3.63, 3.8) is 0 Å². The summed E-state index contributed by atoms with van der Waals surface area (Å²) in [5, 5.41) is 2.86. The number of carbonyl (C=O) groups is 1. The van der Waals surface area contributed by atoms with Gasteiger partial charge in [0.2, 0.25) is 5.91 Å². The molecule has 1 saturated heterocycles. The van der Waals surface area contributed by atoms with Crippen LogP contribution in [0.1, 0.15) is 32.1 Å². The van der Waals surface area contributed by atoms with E-state index in [1.165, 1.54) is 12.8 Å². The molecule has 19 heavy (non-hydrogen) atoms. The van der Waals surface area contributed by atoms with Crippen molar-refractivity contribution in [2.24, 2.45) is 5.73 Å². The van der Waals surface area contributed by atoms with Crippen molar-refractivity contribution >= 4 is 17.4 Å². The Morgan fingerprint density at radius 3 is 2.53 bits per heavy atom. The van der Waals surface area contributed by atoms with Crippen LogP contribution >= 0.6 is 0 Å². The Kier molecular flexibility index (Phi) is 3.14. The summed E-state index contributed by atoms with van der Waals surface area (Å²) in [6.07, 6.45) is 6.77. The van der Waals surface area contributed by atoms with Crippen molar-refractivity contribution in [3.05, 3.63) is 18.3 Å². The van der Waals surface area contributed by atoms with Gasteiger partial charge in [0.1, 0.15) is 5.82 Å². The number of nitrogens with two attached hydrogens (primary N) is 1. The number of nitrogens with one attached hydrogen (secondary N) is 1. The normalized spacial score (nSPS) is 21.0. The maximum absolute atomic E-state index is 12.0. The number of hydrogen-bond donors (Lipinski definition) is 2. The Morgan fingerprint density at radius 2 is 2.00 bits per heavy atom. The van der Waals surface area contributed by atoms with Crippen LogP contribution in [0.4, 0.5) is 11.5 Å². The van der Waals surface area contributed by atoms with Crippen molar-refractivity contribution in [3.8, 4) is 0 Å². The molecular formula is C14H20N4O. The lowest BCUT2D eigenvalue weighted by Gasteiger charge is -2.36. The first-order chi connectivity index (χ1) is 9.17. The van der Waals surface area contributed by atoms with Crippen LogP contribution in [0.3, 0.4) is 0 Å². The maximum Gasteiger partial charge on any atom is 0.244 e. The third-order valence-electron chi connectivity index (χ3n) is 4.13. The molecule has 5 heteroatoms. The standard InChI is InChI=1S/C14H20N4O/c15-14(6-3-7-14)13(19)17-11-4-5-12(16-10-11)18-8-1-2-9-18/h4-5,10H,1-3,6-9,15H2,(H,17,19). The van der Waals surface area contributed by atoms with E-state index < -0.39 is 5.54 Å². The highest BCUT2D eigenvalue weighted by Crippen LogP contribution is 2.30. The second-order valence-electron chi connectivity index (χ2n) is 5.56. The number of amides is 1. The largest absolute Gasteiger partial charge is 0.357 e. The fourth-order valence-corrected chi connectivity index (χ4v) is 2.63. The lowest BCUT2D eigenvalue weighted by molar-refractivity contribution is -0.123. The zero-order valence-corrected chi connectivity index (χ0v) is 11.1. The molecule has 0 spiro atoms. The van der Waals surface area contributed by atoms with E-state index in [1.54, 1.807) is 6.20 Å². The summed E-state index contributed by atoms with van der Waals surface area (Å²) in [5.41, 5.74) is 6.05. The van der Waals surface area contributed by atoms with E-state index in [9.17, 15) is 4.79 Å². The van der Waals surface area contributed by atoms with Gasteiger partial charge in [0, 0.05) is 13.1 Å². The molecular weight excluding hydrogens is 240 g/mol. The van der Waals surface area contributed by atoms with Crippen molar-refractivity contribution in [2.45, 2.75) is 37.6 Å². The Balaban J connectivity index is 1.64. The van der Waals surface area contributed by atoms with Crippen molar-refractivity contribution in [1.82, 2.24) is 4.98 Å². The molecule has 1 aromatic heterocycles. The van der Waals surface area contributed by atoms with Crippen LogP contribution in [-0.2, 0) is 4.79 Å². The van der Waals surface area contributed by atoms with Crippen LogP contribution in [0.5, 0.6) is 0 Å². The molecule has 5 nitrogen and oxygen atoms in total. The van der Waals surface area contributed by atoms with E-state index in [2.05, 4.69) is 15.2 Å². The van der Waals surface area contributed by atoms with Gasteiger partial charge in [-0.25, -0.2) is 4.98 Å². The van der Waals surface area contributed by atoms with Crippen LogP contribution in [0, 0.1) is 0 Å². The minimum Gasteiger partial charge on any atom is -0.357 e. The third-order valence-corrected chi connectivity index (χ3v) is 4.13. The summed E-state index contributed by atoms with van der Waals surface area (Å²) in [4.78, 5) is 18.7. The number of pyridine rings is 1. The summed E-state index contributed by atoms with van der Waals surface area (Å²) in [7, 11) is 0. The van der Waals surface area contributed by atoms with Gasteiger partial charge >= 0.3 is 0 Å². The minimum atomic E-state index is -0.659. The van der Waals surface area contributed by atoms with E-state index in [1.807, 2.05) is 12.1 Å². The number of anilines is 2. The molecule has 1 aliphatic heterocycles. The van der Waals surface area contributed by atoms with Crippen LogP contribution < -0.4 is 16.0 Å². The van der Waals surface area contributed by atoms with Crippen LogP contribution in [-0.4, -0.2) is 29.5 Å². The average Bonchev–Trinajstić information content (AvgIpc) is 2.90. The molecule has 0 radical (unpaired) electrons. The highest BCUT2D eigenvalue weighted by Gasteiger charge is 2.40. The first kappa shape index (κ1) is 12.4. The monoisotopic (exact) mass is 260 g/mol. The van der Waals surface area contributed by atoms with E-state index in [0.717, 1.165) is 43.9 Å². The Labute approximate surface area is 113 Å². The van der Waals surface area contributed by atoms with Crippen LogP contribution in [0.2, 0.25) is 0 Å². The second-order valence-corrected chi connectivity index (χ2v) is 5.56. The zero-order valence-electron chi connectivity index (χ0n) is 11.1. The third kappa shape index (κ3) is 2.42. The van der Waals surface area contributed by atoms with E-state index in [-0.39, 0.29) is 5.91 Å². The minimum absolute atomic E-state index is 0.0885. The topological polar surface area (TPSA) is 71.2 Å². The molecule has 2 fully saturated rings. The molecule has 102 valence electrons. The first-order valence-corrected chi connectivity index (χ1v) is 6.99. The maximum atomic E-state index is 12.0. The van der Waals surface area contributed by atoms with E-state index >= 15 is 0 Å². The molecule has 3 N–H and O–H groups in total. The van der Waals surface area contributed by atoms with Gasteiger partial charge in [-0.3, -0.25) is 4.79 Å². The number of nitrogens with zero attached hydrogens (tertiary/aromatic N) is 2. The van der Waals surface area contributed by atoms with Gasteiger partial charge in [-0.2, -0.15) is 0 Å².